The molecule has 4 rings (SSSR count). The molecule has 0 aliphatic rings. The molecule has 4 aromatic rings. The van der Waals surface area contributed by atoms with E-state index < -0.39 is 6.10 Å². The Morgan fingerprint density at radius 1 is 0.964 bits per heavy atom. The molecule has 0 aliphatic carbocycles. The number of aryl methyl sites for hydroxylation is 3. The van der Waals surface area contributed by atoms with Crippen LogP contribution in [0, 0.1) is 20.8 Å². The number of hydrogen-bond donors (Lipinski definition) is 1. The second-order valence-electron chi connectivity index (χ2n) is 7.34. The highest BCUT2D eigenvalue weighted by Gasteiger charge is 2.13. The van der Waals surface area contributed by atoms with Gasteiger partial charge in [-0.15, -0.1) is 0 Å². The minimum Gasteiger partial charge on any atom is -0.387 e. The second-order valence-corrected chi connectivity index (χ2v) is 7.34. The molecule has 0 radical (unpaired) electrons. The van der Waals surface area contributed by atoms with Crippen molar-refractivity contribution in [3.05, 3.63) is 93.5 Å². The summed E-state index contributed by atoms with van der Waals surface area (Å²) in [6, 6.07) is 15.7. The van der Waals surface area contributed by atoms with Crippen LogP contribution in [-0.4, -0.2) is 19.3 Å². The Balaban J connectivity index is 1.66. The number of rotatable bonds is 4. The van der Waals surface area contributed by atoms with Gasteiger partial charge in [-0.3, -0.25) is 4.79 Å². The molecule has 0 unspecified atom stereocenters. The molecule has 142 valence electrons. The predicted octanol–water partition coefficient (Wildman–Crippen LogP) is 3.82. The van der Waals surface area contributed by atoms with Crippen molar-refractivity contribution in [3.8, 4) is 11.3 Å². The van der Waals surface area contributed by atoms with E-state index in [4.69, 9.17) is 0 Å². The summed E-state index contributed by atoms with van der Waals surface area (Å²) in [5.41, 5.74) is 6.33. The molecular weight excluding hydrogens is 350 g/mol. The van der Waals surface area contributed by atoms with E-state index in [1.807, 2.05) is 63.2 Å². The molecule has 5 heteroatoms. The molecule has 0 saturated heterocycles. The summed E-state index contributed by atoms with van der Waals surface area (Å²) in [6.07, 6.45) is 2.67. The van der Waals surface area contributed by atoms with Gasteiger partial charge in [0.25, 0.3) is 5.56 Å². The zero-order valence-corrected chi connectivity index (χ0v) is 16.3. The van der Waals surface area contributed by atoms with Crippen molar-refractivity contribution in [1.82, 2.24) is 14.2 Å². The van der Waals surface area contributed by atoms with Gasteiger partial charge in [0.05, 0.1) is 18.3 Å². The number of benzene rings is 2. The highest BCUT2D eigenvalue weighted by molar-refractivity contribution is 5.65. The van der Waals surface area contributed by atoms with Gasteiger partial charge in [-0.25, -0.2) is 4.52 Å². The van der Waals surface area contributed by atoms with Gasteiger partial charge in [0.2, 0.25) is 0 Å². The number of aromatic nitrogens is 3. The molecule has 1 N–H and O–H groups in total. The van der Waals surface area contributed by atoms with E-state index >= 15 is 0 Å². The van der Waals surface area contributed by atoms with Crippen molar-refractivity contribution in [2.75, 3.05) is 0 Å². The second kappa shape index (κ2) is 7.09. The minimum absolute atomic E-state index is 0.170. The van der Waals surface area contributed by atoms with Crippen LogP contribution >= 0.6 is 0 Å². The van der Waals surface area contributed by atoms with Crippen molar-refractivity contribution in [2.45, 2.75) is 33.4 Å². The van der Waals surface area contributed by atoms with E-state index in [-0.39, 0.29) is 12.1 Å². The summed E-state index contributed by atoms with van der Waals surface area (Å²) in [5.74, 6) is 0. The standard InChI is InChI=1S/C23H23N3O2/c1-15-4-7-18(8-5-15)20-13-21-23(28)25(10-11-26(21)24-20)14-22(27)19-9-6-16(2)17(3)12-19/h4-13,22,27H,14H2,1-3H3/t22-/m0/s1. The van der Waals surface area contributed by atoms with Crippen LogP contribution in [0.3, 0.4) is 0 Å². The Bertz CT molecular complexity index is 1200. The van der Waals surface area contributed by atoms with Crippen LogP contribution in [-0.2, 0) is 6.54 Å². The van der Waals surface area contributed by atoms with Crippen molar-refractivity contribution in [2.24, 2.45) is 0 Å². The Morgan fingerprint density at radius 2 is 1.71 bits per heavy atom. The summed E-state index contributed by atoms with van der Waals surface area (Å²) in [7, 11) is 0. The van der Waals surface area contributed by atoms with Crippen LogP contribution in [0.4, 0.5) is 0 Å². The Kier molecular flexibility index (Phi) is 4.61. The van der Waals surface area contributed by atoms with Crippen molar-refractivity contribution in [3.63, 3.8) is 0 Å². The highest BCUT2D eigenvalue weighted by atomic mass is 16.3. The molecule has 28 heavy (non-hydrogen) atoms. The van der Waals surface area contributed by atoms with Crippen LogP contribution in [0.5, 0.6) is 0 Å². The van der Waals surface area contributed by atoms with Gasteiger partial charge in [0, 0.05) is 18.0 Å². The zero-order valence-electron chi connectivity index (χ0n) is 16.3. The van der Waals surface area contributed by atoms with Gasteiger partial charge in [0.15, 0.2) is 0 Å². The lowest BCUT2D eigenvalue weighted by Crippen LogP contribution is -2.24. The highest BCUT2D eigenvalue weighted by Crippen LogP contribution is 2.20. The average molecular weight is 373 g/mol. The topological polar surface area (TPSA) is 59.5 Å². The van der Waals surface area contributed by atoms with E-state index in [9.17, 15) is 9.90 Å². The van der Waals surface area contributed by atoms with Crippen LogP contribution < -0.4 is 5.56 Å². The molecule has 1 atom stereocenters. The monoisotopic (exact) mass is 373 g/mol. The molecule has 5 nitrogen and oxygen atoms in total. The lowest BCUT2D eigenvalue weighted by molar-refractivity contribution is 0.155. The number of aliphatic hydroxyl groups is 1. The lowest BCUT2D eigenvalue weighted by Gasteiger charge is -2.14. The van der Waals surface area contributed by atoms with Crippen LogP contribution in [0.25, 0.3) is 16.8 Å². The maximum Gasteiger partial charge on any atom is 0.276 e. The Labute approximate surface area is 163 Å². The normalized spacial score (nSPS) is 12.4. The predicted molar refractivity (Wildman–Crippen MR) is 111 cm³/mol. The largest absolute Gasteiger partial charge is 0.387 e. The molecule has 0 fully saturated rings. The molecule has 0 bridgehead atoms. The van der Waals surface area contributed by atoms with Gasteiger partial charge in [-0.2, -0.15) is 5.10 Å². The first-order valence-electron chi connectivity index (χ1n) is 9.33. The van der Waals surface area contributed by atoms with E-state index in [1.54, 1.807) is 23.0 Å². The van der Waals surface area contributed by atoms with Gasteiger partial charge in [0.1, 0.15) is 5.52 Å². The molecule has 2 aromatic carbocycles. The summed E-state index contributed by atoms with van der Waals surface area (Å²) < 4.78 is 3.13. The Hall–Kier alpha value is -3.18. The van der Waals surface area contributed by atoms with Crippen LogP contribution in [0.15, 0.2) is 65.7 Å². The number of fused-ring (bicyclic) bond motifs is 1. The number of hydrogen-bond acceptors (Lipinski definition) is 3. The van der Waals surface area contributed by atoms with Gasteiger partial charge >= 0.3 is 0 Å². The third kappa shape index (κ3) is 3.37. The molecular formula is C23H23N3O2. The molecule has 2 aromatic heterocycles. The SMILES string of the molecule is Cc1ccc(-c2cc3c(=O)n(C[C@H](O)c4ccc(C)c(C)c4)ccn3n2)cc1. The fourth-order valence-electron chi connectivity index (χ4n) is 3.30. The van der Waals surface area contributed by atoms with Gasteiger partial charge < -0.3 is 9.67 Å². The fourth-order valence-corrected chi connectivity index (χ4v) is 3.30. The summed E-state index contributed by atoms with van der Waals surface area (Å²) >= 11 is 0. The van der Waals surface area contributed by atoms with E-state index in [0.717, 1.165) is 22.4 Å². The molecule has 2 heterocycles. The number of aliphatic hydroxyl groups excluding tert-OH is 1. The van der Waals surface area contributed by atoms with Crippen LogP contribution in [0.1, 0.15) is 28.4 Å². The number of nitrogens with zero attached hydrogens (tertiary/aromatic N) is 3. The smallest absolute Gasteiger partial charge is 0.276 e. The summed E-state index contributed by atoms with van der Waals surface area (Å²) in [6.45, 7) is 6.29. The Morgan fingerprint density at radius 3 is 2.43 bits per heavy atom. The average Bonchev–Trinajstić information content (AvgIpc) is 3.12. The molecule has 0 spiro atoms. The molecule has 0 saturated carbocycles. The van der Waals surface area contributed by atoms with Crippen molar-refractivity contribution >= 4 is 5.52 Å². The minimum atomic E-state index is -0.751. The summed E-state index contributed by atoms with van der Waals surface area (Å²) in [5, 5.41) is 15.1. The first-order valence-corrected chi connectivity index (χ1v) is 9.33. The van der Waals surface area contributed by atoms with E-state index in [1.165, 1.54) is 15.7 Å². The fraction of sp³-hybridized carbons (Fsp3) is 0.217. The maximum absolute atomic E-state index is 12.9. The quantitative estimate of drug-likeness (QED) is 0.592. The van der Waals surface area contributed by atoms with Gasteiger partial charge in [-0.1, -0.05) is 48.0 Å². The molecule has 0 aliphatic heterocycles. The first-order chi connectivity index (χ1) is 13.4. The van der Waals surface area contributed by atoms with E-state index in [2.05, 4.69) is 5.10 Å². The van der Waals surface area contributed by atoms with Crippen molar-refractivity contribution in [1.29, 1.82) is 0 Å². The third-order valence-electron chi connectivity index (χ3n) is 5.24. The lowest BCUT2D eigenvalue weighted by atomic mass is 10.0. The third-order valence-corrected chi connectivity index (χ3v) is 5.24. The van der Waals surface area contributed by atoms with Crippen molar-refractivity contribution < 1.29 is 5.11 Å². The zero-order chi connectivity index (χ0) is 19.8. The van der Waals surface area contributed by atoms with Gasteiger partial charge in [-0.05, 0) is 43.5 Å². The molecule has 0 amide bonds. The summed E-state index contributed by atoms with van der Waals surface area (Å²) in [4.78, 5) is 12.9. The first kappa shape index (κ1) is 18.2. The van der Waals surface area contributed by atoms with E-state index in [0.29, 0.717) is 5.52 Å². The van der Waals surface area contributed by atoms with Crippen LogP contribution in [0.2, 0.25) is 0 Å². The maximum atomic E-state index is 12.9.